The minimum atomic E-state index is -3.87. The molecule has 0 radical (unpaired) electrons. The standard InChI is InChI=1S/C13H17NO7S/c1-21-10-3-5-11(6-4-10)22(19,20)14-8-9(13(17)18)2-7-12(15)16/h3-6,9,14H,2,7-8H2,1H3,(H,15,16)(H,17,18)/t9-/m1/s1. The summed E-state index contributed by atoms with van der Waals surface area (Å²) >= 11 is 0. The van der Waals surface area contributed by atoms with Crippen molar-refractivity contribution in [1.29, 1.82) is 0 Å². The van der Waals surface area contributed by atoms with Gasteiger partial charge in [-0.25, -0.2) is 13.1 Å². The quantitative estimate of drug-likeness (QED) is 0.602. The molecule has 0 fully saturated rings. The van der Waals surface area contributed by atoms with Gasteiger partial charge < -0.3 is 14.9 Å². The fourth-order valence-corrected chi connectivity index (χ4v) is 2.74. The number of rotatable bonds is 9. The number of methoxy groups -OCH3 is 1. The highest BCUT2D eigenvalue weighted by Gasteiger charge is 2.22. The van der Waals surface area contributed by atoms with E-state index in [9.17, 15) is 18.0 Å². The van der Waals surface area contributed by atoms with Crippen LogP contribution in [0.3, 0.4) is 0 Å². The molecule has 0 unspecified atom stereocenters. The third kappa shape index (κ3) is 5.34. The average Bonchev–Trinajstić information content (AvgIpc) is 2.46. The van der Waals surface area contributed by atoms with Gasteiger partial charge in [-0.1, -0.05) is 0 Å². The van der Waals surface area contributed by atoms with Crippen LogP contribution in [0.2, 0.25) is 0 Å². The molecule has 1 rings (SSSR count). The third-order valence-electron chi connectivity index (χ3n) is 2.95. The molecule has 0 heterocycles. The maximum atomic E-state index is 12.0. The molecule has 8 nitrogen and oxygen atoms in total. The van der Waals surface area contributed by atoms with Crippen molar-refractivity contribution in [3.63, 3.8) is 0 Å². The van der Waals surface area contributed by atoms with Crippen molar-refractivity contribution in [1.82, 2.24) is 4.72 Å². The van der Waals surface area contributed by atoms with Gasteiger partial charge in [-0.3, -0.25) is 9.59 Å². The summed E-state index contributed by atoms with van der Waals surface area (Å²) in [7, 11) is -2.42. The number of nitrogens with one attached hydrogen (secondary N) is 1. The first kappa shape index (κ1) is 17.9. The second-order valence-corrected chi connectivity index (χ2v) is 6.26. The number of carbonyl (C=O) groups is 2. The Hall–Kier alpha value is -2.13. The van der Waals surface area contributed by atoms with Crippen LogP contribution in [-0.2, 0) is 19.6 Å². The van der Waals surface area contributed by atoms with Crippen LogP contribution >= 0.6 is 0 Å². The van der Waals surface area contributed by atoms with Gasteiger partial charge in [0, 0.05) is 13.0 Å². The van der Waals surface area contributed by atoms with Crippen LogP contribution in [0.4, 0.5) is 0 Å². The second kappa shape index (κ2) is 7.76. The number of aliphatic carboxylic acids is 2. The predicted molar refractivity (Wildman–Crippen MR) is 76.2 cm³/mol. The highest BCUT2D eigenvalue weighted by molar-refractivity contribution is 7.89. The van der Waals surface area contributed by atoms with Crippen LogP contribution in [0.1, 0.15) is 12.8 Å². The van der Waals surface area contributed by atoms with Gasteiger partial charge in [0.05, 0.1) is 17.9 Å². The molecule has 1 atom stereocenters. The topological polar surface area (TPSA) is 130 Å². The van der Waals surface area contributed by atoms with Crippen LogP contribution in [0.25, 0.3) is 0 Å². The highest BCUT2D eigenvalue weighted by atomic mass is 32.2. The van der Waals surface area contributed by atoms with Crippen molar-refractivity contribution in [2.75, 3.05) is 13.7 Å². The molecule has 0 aliphatic heterocycles. The molecule has 3 N–H and O–H groups in total. The van der Waals surface area contributed by atoms with E-state index in [1.807, 2.05) is 0 Å². The highest BCUT2D eigenvalue weighted by Crippen LogP contribution is 2.16. The zero-order valence-electron chi connectivity index (χ0n) is 11.9. The average molecular weight is 331 g/mol. The lowest BCUT2D eigenvalue weighted by Gasteiger charge is -2.13. The first-order valence-electron chi connectivity index (χ1n) is 6.34. The number of carboxylic acid groups (broad SMARTS) is 2. The molecule has 122 valence electrons. The Kier molecular flexibility index (Phi) is 6.32. The van der Waals surface area contributed by atoms with Crippen LogP contribution in [0.5, 0.6) is 5.75 Å². The molecule has 0 bridgehead atoms. The van der Waals surface area contributed by atoms with Gasteiger partial charge in [0.25, 0.3) is 0 Å². The molecule has 0 amide bonds. The van der Waals surface area contributed by atoms with Crippen molar-refractivity contribution in [2.45, 2.75) is 17.7 Å². The van der Waals surface area contributed by atoms with Gasteiger partial charge in [0.2, 0.25) is 10.0 Å². The number of carboxylic acids is 2. The predicted octanol–water partition coefficient (Wildman–Crippen LogP) is 0.539. The lowest BCUT2D eigenvalue weighted by molar-refractivity contribution is -0.142. The first-order valence-corrected chi connectivity index (χ1v) is 7.83. The first-order chi connectivity index (χ1) is 10.3. The minimum absolute atomic E-state index is 0.0318. The normalized spacial score (nSPS) is 12.6. The number of sulfonamides is 1. The minimum Gasteiger partial charge on any atom is -0.497 e. The van der Waals surface area contributed by atoms with Crippen molar-refractivity contribution >= 4 is 22.0 Å². The van der Waals surface area contributed by atoms with Gasteiger partial charge in [-0.05, 0) is 30.7 Å². The van der Waals surface area contributed by atoms with Gasteiger partial charge in [-0.2, -0.15) is 0 Å². The molecule has 0 aliphatic carbocycles. The zero-order chi connectivity index (χ0) is 16.8. The molecular weight excluding hydrogens is 314 g/mol. The summed E-state index contributed by atoms with van der Waals surface area (Å²) in [6.45, 7) is -0.378. The summed E-state index contributed by atoms with van der Waals surface area (Å²) in [6.07, 6.45) is -0.503. The Morgan fingerprint density at radius 3 is 2.27 bits per heavy atom. The Morgan fingerprint density at radius 1 is 1.23 bits per heavy atom. The summed E-state index contributed by atoms with van der Waals surface area (Å²) in [5.74, 6) is -3.00. The third-order valence-corrected chi connectivity index (χ3v) is 4.38. The van der Waals surface area contributed by atoms with Crippen LogP contribution in [0.15, 0.2) is 29.2 Å². The monoisotopic (exact) mass is 331 g/mol. The summed E-state index contributed by atoms with van der Waals surface area (Å²) in [5, 5.41) is 17.5. The van der Waals surface area contributed by atoms with E-state index in [1.54, 1.807) is 0 Å². The molecule has 9 heteroatoms. The van der Waals surface area contributed by atoms with E-state index < -0.39 is 27.9 Å². The number of ether oxygens (including phenoxy) is 1. The summed E-state index contributed by atoms with van der Waals surface area (Å²) in [6, 6.07) is 5.59. The Balaban J connectivity index is 2.73. The Labute approximate surface area is 127 Å². The van der Waals surface area contributed by atoms with E-state index in [0.717, 1.165) is 0 Å². The van der Waals surface area contributed by atoms with Gasteiger partial charge in [-0.15, -0.1) is 0 Å². The van der Waals surface area contributed by atoms with Crippen LogP contribution in [-0.4, -0.2) is 44.2 Å². The van der Waals surface area contributed by atoms with Crippen molar-refractivity contribution in [3.05, 3.63) is 24.3 Å². The van der Waals surface area contributed by atoms with Crippen molar-refractivity contribution in [2.24, 2.45) is 5.92 Å². The smallest absolute Gasteiger partial charge is 0.307 e. The number of benzene rings is 1. The number of hydrogen-bond acceptors (Lipinski definition) is 5. The van der Waals surface area contributed by atoms with Gasteiger partial charge in [0.15, 0.2) is 0 Å². The second-order valence-electron chi connectivity index (χ2n) is 4.50. The molecule has 0 saturated carbocycles. The van der Waals surface area contributed by atoms with Gasteiger partial charge >= 0.3 is 11.9 Å². The van der Waals surface area contributed by atoms with E-state index in [-0.39, 0.29) is 24.3 Å². The molecule has 0 spiro atoms. The fraction of sp³-hybridized carbons (Fsp3) is 0.385. The Bertz CT molecular complexity index is 624. The lowest BCUT2D eigenvalue weighted by Crippen LogP contribution is -2.33. The van der Waals surface area contributed by atoms with Crippen molar-refractivity contribution in [3.8, 4) is 5.75 Å². The SMILES string of the molecule is COc1ccc(S(=O)(=O)NC[C@@H](CCC(=O)O)C(=O)O)cc1. The van der Waals surface area contributed by atoms with E-state index in [4.69, 9.17) is 14.9 Å². The largest absolute Gasteiger partial charge is 0.497 e. The van der Waals surface area contributed by atoms with E-state index in [0.29, 0.717) is 5.75 Å². The maximum Gasteiger partial charge on any atom is 0.307 e. The van der Waals surface area contributed by atoms with Crippen LogP contribution in [0, 0.1) is 5.92 Å². The van der Waals surface area contributed by atoms with Crippen molar-refractivity contribution < 1.29 is 33.0 Å². The molecular formula is C13H17NO7S. The molecule has 1 aromatic rings. The lowest BCUT2D eigenvalue weighted by atomic mass is 10.0. The summed E-state index contributed by atoms with van der Waals surface area (Å²) in [4.78, 5) is 21.4. The summed E-state index contributed by atoms with van der Waals surface area (Å²) < 4.78 is 31.2. The van der Waals surface area contributed by atoms with E-state index in [2.05, 4.69) is 4.72 Å². The molecule has 0 saturated heterocycles. The van der Waals surface area contributed by atoms with Crippen LogP contribution < -0.4 is 9.46 Å². The Morgan fingerprint density at radius 2 is 1.82 bits per heavy atom. The van der Waals surface area contributed by atoms with E-state index >= 15 is 0 Å². The summed E-state index contributed by atoms with van der Waals surface area (Å²) in [5.41, 5.74) is 0. The molecule has 1 aromatic carbocycles. The molecule has 0 aliphatic rings. The maximum absolute atomic E-state index is 12.0. The fourth-order valence-electron chi connectivity index (χ4n) is 1.66. The number of hydrogen-bond donors (Lipinski definition) is 3. The zero-order valence-corrected chi connectivity index (χ0v) is 12.7. The molecule has 22 heavy (non-hydrogen) atoms. The van der Waals surface area contributed by atoms with Gasteiger partial charge in [0.1, 0.15) is 5.75 Å². The molecule has 0 aromatic heterocycles. The van der Waals surface area contributed by atoms with E-state index in [1.165, 1.54) is 31.4 Å².